The van der Waals surface area contributed by atoms with E-state index in [1.54, 1.807) is 11.3 Å². The van der Waals surface area contributed by atoms with Gasteiger partial charge in [0.25, 0.3) is 6.47 Å². The summed E-state index contributed by atoms with van der Waals surface area (Å²) in [5.41, 5.74) is 8.22. The lowest BCUT2D eigenvalue weighted by Gasteiger charge is -2.22. The summed E-state index contributed by atoms with van der Waals surface area (Å²) in [4.78, 5) is 16.6. The molecule has 1 atom stereocenters. The monoisotopic (exact) mass is 367 g/mol. The Morgan fingerprint density at radius 3 is 2.75 bits per heavy atom. The second-order valence-corrected chi connectivity index (χ2v) is 7.57. The largest absolute Gasteiger partial charge is 0.483 e. The number of benzene rings is 1. The molecule has 1 unspecified atom stereocenters. The molecule has 2 aromatic rings. The molecule has 0 amide bonds. The first-order valence-electron chi connectivity index (χ1n) is 7.69. The van der Waals surface area contributed by atoms with Gasteiger partial charge < -0.3 is 15.7 Å². The van der Waals surface area contributed by atoms with Crippen LogP contribution < -0.4 is 10.6 Å². The summed E-state index contributed by atoms with van der Waals surface area (Å²) < 4.78 is 0. The van der Waals surface area contributed by atoms with Crippen LogP contribution in [0, 0.1) is 12.3 Å². The molecule has 0 saturated carbocycles. The molecule has 130 valence electrons. The van der Waals surface area contributed by atoms with E-state index in [-0.39, 0.29) is 11.9 Å². The first-order valence-corrected chi connectivity index (χ1v) is 8.89. The molecule has 1 aromatic heterocycles. The van der Waals surface area contributed by atoms with Gasteiger partial charge in [0.2, 0.25) is 0 Å². The van der Waals surface area contributed by atoms with Crippen molar-refractivity contribution in [3.05, 3.63) is 35.0 Å². The van der Waals surface area contributed by atoms with Crippen molar-refractivity contribution in [3.63, 3.8) is 0 Å². The van der Waals surface area contributed by atoms with E-state index in [0.29, 0.717) is 0 Å². The van der Waals surface area contributed by atoms with Crippen molar-refractivity contribution in [1.29, 1.82) is 0 Å². The normalized spacial score (nSPS) is 19.8. The molecular weight excluding hydrogens is 346 g/mol. The Kier molecular flexibility index (Phi) is 6.21. The summed E-state index contributed by atoms with van der Waals surface area (Å²) in [5, 5.41) is 8.75. The van der Waals surface area contributed by atoms with Crippen LogP contribution in [-0.2, 0) is 4.79 Å². The molecule has 0 spiro atoms. The van der Waals surface area contributed by atoms with Crippen LogP contribution in [0.2, 0.25) is 5.02 Å². The lowest BCUT2D eigenvalue weighted by atomic mass is 9.90. The number of rotatable bonds is 3. The average molecular weight is 368 g/mol. The number of hydrogen-bond donors (Lipinski definition) is 2. The Labute approximate surface area is 151 Å². The molecule has 2 heterocycles. The number of halogens is 1. The van der Waals surface area contributed by atoms with Gasteiger partial charge in [-0.05, 0) is 31.4 Å². The van der Waals surface area contributed by atoms with Gasteiger partial charge in [0.05, 0.1) is 10.6 Å². The highest BCUT2D eigenvalue weighted by atomic mass is 35.5. The lowest BCUT2D eigenvalue weighted by molar-refractivity contribution is -0.122. The highest BCUT2D eigenvalue weighted by Crippen LogP contribution is 2.40. The molecule has 5 nitrogen and oxygen atoms in total. The maximum absolute atomic E-state index is 8.36. The van der Waals surface area contributed by atoms with Gasteiger partial charge in [-0.15, -0.1) is 0 Å². The highest BCUT2D eigenvalue weighted by Gasteiger charge is 2.34. The van der Waals surface area contributed by atoms with E-state index in [9.17, 15) is 0 Å². The molecule has 1 aliphatic rings. The van der Waals surface area contributed by atoms with Crippen LogP contribution in [0.4, 0.5) is 5.13 Å². The number of carboxylic acid groups (broad SMARTS) is 1. The second-order valence-electron chi connectivity index (χ2n) is 6.18. The van der Waals surface area contributed by atoms with Gasteiger partial charge in [-0.2, -0.15) is 0 Å². The quantitative estimate of drug-likeness (QED) is 0.809. The van der Waals surface area contributed by atoms with Gasteiger partial charge in [0, 0.05) is 23.7 Å². The van der Waals surface area contributed by atoms with Gasteiger partial charge in [-0.3, -0.25) is 4.79 Å². The number of aromatic nitrogens is 1. The summed E-state index contributed by atoms with van der Waals surface area (Å²) >= 11 is 8.04. The first kappa shape index (κ1) is 18.7. The van der Waals surface area contributed by atoms with Crippen molar-refractivity contribution >= 4 is 34.5 Å². The predicted molar refractivity (Wildman–Crippen MR) is 100.0 cm³/mol. The molecule has 0 radical (unpaired) electrons. The number of hydrogen-bond acceptors (Lipinski definition) is 5. The van der Waals surface area contributed by atoms with E-state index in [1.165, 1.54) is 0 Å². The highest BCUT2D eigenvalue weighted by molar-refractivity contribution is 7.19. The van der Waals surface area contributed by atoms with Crippen molar-refractivity contribution < 1.29 is 9.90 Å². The van der Waals surface area contributed by atoms with Crippen LogP contribution in [0.5, 0.6) is 0 Å². The number of nitrogens with zero attached hydrogens (tertiary/aromatic N) is 2. The molecule has 1 saturated heterocycles. The smallest absolute Gasteiger partial charge is 0.290 e. The summed E-state index contributed by atoms with van der Waals surface area (Å²) in [7, 11) is 0. The fourth-order valence-corrected chi connectivity index (χ4v) is 4.18. The molecule has 1 aromatic carbocycles. The summed E-state index contributed by atoms with van der Waals surface area (Å²) in [6.07, 6.45) is 1.13. The van der Waals surface area contributed by atoms with Crippen molar-refractivity contribution in [2.75, 3.05) is 24.5 Å². The Balaban J connectivity index is 0.000000647. The Bertz CT molecular complexity index is 707. The zero-order valence-corrected chi connectivity index (χ0v) is 15.4. The molecule has 3 rings (SSSR count). The van der Waals surface area contributed by atoms with Crippen LogP contribution in [-0.4, -0.2) is 36.2 Å². The third-order valence-electron chi connectivity index (χ3n) is 4.22. The Morgan fingerprint density at radius 2 is 2.17 bits per heavy atom. The van der Waals surface area contributed by atoms with Gasteiger partial charge in [-0.1, -0.05) is 48.1 Å². The molecular formula is C17H22ClN3O2S. The van der Waals surface area contributed by atoms with E-state index in [2.05, 4.69) is 24.8 Å². The van der Waals surface area contributed by atoms with Crippen molar-refractivity contribution in [3.8, 4) is 10.4 Å². The molecule has 3 N–H and O–H groups in total. The zero-order chi connectivity index (χ0) is 17.7. The Hall–Kier alpha value is -1.63. The third-order valence-corrected chi connectivity index (χ3v) is 5.81. The number of aryl methyl sites for hydroxylation is 1. The molecule has 0 aliphatic carbocycles. The Morgan fingerprint density at radius 1 is 1.50 bits per heavy atom. The predicted octanol–water partition coefficient (Wildman–Crippen LogP) is 3.65. The SMILES string of the molecule is Cc1nc(N2CCC(C)(CN)C2)sc1-c1ccccc1Cl.O=CO. The van der Waals surface area contributed by atoms with Crippen molar-refractivity contribution in [2.24, 2.45) is 11.1 Å². The van der Waals surface area contributed by atoms with E-state index in [0.717, 1.165) is 52.3 Å². The average Bonchev–Trinajstić information content (AvgIpc) is 3.13. The standard InChI is InChI=1S/C16H20ClN3S.CH2O2/c1-11-14(12-5-3-4-6-13(12)17)21-15(19-11)20-8-7-16(2,9-18)10-20;2-1-3/h3-6H,7-10,18H2,1-2H3;1H,(H,2,3). The number of anilines is 1. The fraction of sp³-hybridized carbons (Fsp3) is 0.412. The van der Waals surface area contributed by atoms with Crippen LogP contribution in [0.25, 0.3) is 10.4 Å². The minimum atomic E-state index is -0.250. The summed E-state index contributed by atoms with van der Waals surface area (Å²) in [6, 6.07) is 7.95. The summed E-state index contributed by atoms with van der Waals surface area (Å²) in [5.74, 6) is 0. The van der Waals surface area contributed by atoms with E-state index < -0.39 is 0 Å². The van der Waals surface area contributed by atoms with Gasteiger partial charge in [0.1, 0.15) is 0 Å². The van der Waals surface area contributed by atoms with Crippen LogP contribution >= 0.6 is 22.9 Å². The van der Waals surface area contributed by atoms with Crippen molar-refractivity contribution in [2.45, 2.75) is 20.3 Å². The van der Waals surface area contributed by atoms with Gasteiger partial charge in [0.15, 0.2) is 5.13 Å². The van der Waals surface area contributed by atoms with E-state index in [4.69, 9.17) is 32.2 Å². The summed E-state index contributed by atoms with van der Waals surface area (Å²) in [6.45, 7) is 6.80. The molecule has 0 bridgehead atoms. The molecule has 24 heavy (non-hydrogen) atoms. The number of nitrogens with two attached hydrogens (primary N) is 1. The first-order chi connectivity index (χ1) is 11.4. The second kappa shape index (κ2) is 7.96. The molecule has 7 heteroatoms. The minimum absolute atomic E-state index is 0.212. The lowest BCUT2D eigenvalue weighted by Crippen LogP contribution is -2.31. The maximum Gasteiger partial charge on any atom is 0.290 e. The maximum atomic E-state index is 8.36. The van der Waals surface area contributed by atoms with E-state index >= 15 is 0 Å². The third kappa shape index (κ3) is 4.06. The zero-order valence-electron chi connectivity index (χ0n) is 13.8. The van der Waals surface area contributed by atoms with E-state index in [1.807, 2.05) is 18.2 Å². The van der Waals surface area contributed by atoms with Crippen LogP contribution in [0.3, 0.4) is 0 Å². The van der Waals surface area contributed by atoms with Gasteiger partial charge >= 0.3 is 0 Å². The topological polar surface area (TPSA) is 79.5 Å². The van der Waals surface area contributed by atoms with Crippen molar-refractivity contribution in [1.82, 2.24) is 4.98 Å². The number of carbonyl (C=O) groups is 1. The molecule has 1 fully saturated rings. The van der Waals surface area contributed by atoms with Gasteiger partial charge in [-0.25, -0.2) is 4.98 Å². The number of thiazole rings is 1. The van der Waals surface area contributed by atoms with Crippen LogP contribution in [0.1, 0.15) is 19.0 Å². The molecule has 1 aliphatic heterocycles. The van der Waals surface area contributed by atoms with Crippen LogP contribution in [0.15, 0.2) is 24.3 Å². The minimum Gasteiger partial charge on any atom is -0.483 e. The fourth-order valence-electron chi connectivity index (χ4n) is 2.77.